The van der Waals surface area contributed by atoms with Gasteiger partial charge < -0.3 is 11.5 Å². The van der Waals surface area contributed by atoms with Crippen LogP contribution < -0.4 is 11.5 Å². The topological polar surface area (TPSA) is 64.9 Å². The number of hydrogen-bond acceptors (Lipinski definition) is 3. The molecule has 0 saturated heterocycles. The molecule has 1 aromatic heterocycles. The van der Waals surface area contributed by atoms with E-state index in [1.807, 2.05) is 0 Å². The quantitative estimate of drug-likeness (QED) is 0.695. The Balaban J connectivity index is 0. The Labute approximate surface area is 92.2 Å². The first-order valence-corrected chi connectivity index (χ1v) is 3.24. The highest BCUT2D eigenvalue weighted by Crippen LogP contribution is 2.25. The van der Waals surface area contributed by atoms with Gasteiger partial charge in [-0.1, -0.05) is 23.2 Å². The Kier molecular flexibility index (Phi) is 6.66. The summed E-state index contributed by atoms with van der Waals surface area (Å²) in [7, 11) is 0. The number of nitrogens with zero attached hydrogens (tertiary/aromatic N) is 1. The van der Waals surface area contributed by atoms with Crippen LogP contribution in [0.2, 0.25) is 10.3 Å². The van der Waals surface area contributed by atoms with Crippen LogP contribution in [-0.2, 0) is 0 Å². The van der Waals surface area contributed by atoms with Gasteiger partial charge in [0.05, 0.1) is 11.4 Å². The maximum absolute atomic E-state index is 5.52. The Hall–Kier alpha value is -0.0900. The van der Waals surface area contributed by atoms with Gasteiger partial charge >= 0.3 is 0 Å². The molecule has 0 unspecified atom stereocenters. The second-order valence-corrected chi connectivity index (χ2v) is 2.48. The highest BCUT2D eigenvalue weighted by molar-refractivity contribution is 6.34. The molecule has 0 bridgehead atoms. The van der Waals surface area contributed by atoms with Crippen LogP contribution in [0.3, 0.4) is 0 Å². The summed E-state index contributed by atoms with van der Waals surface area (Å²) < 4.78 is 0. The maximum Gasteiger partial charge on any atom is 0.155 e. The molecule has 0 radical (unpaired) electrons. The molecule has 70 valence electrons. The lowest BCUT2D eigenvalue weighted by molar-refractivity contribution is 1.33. The predicted octanol–water partition coefficient (Wildman–Crippen LogP) is 2.40. The highest BCUT2D eigenvalue weighted by atomic mass is 35.5. The molecule has 7 heteroatoms. The fourth-order valence-corrected chi connectivity index (χ4v) is 0.957. The number of halogens is 4. The predicted molar refractivity (Wildman–Crippen MR) is 57.6 cm³/mol. The summed E-state index contributed by atoms with van der Waals surface area (Å²) in [4.78, 5) is 3.66. The SMILES string of the molecule is Cl.Cl.Nc1cc(Cl)nc(Cl)c1N. The van der Waals surface area contributed by atoms with E-state index in [2.05, 4.69) is 4.98 Å². The molecule has 0 spiro atoms. The van der Waals surface area contributed by atoms with E-state index in [1.54, 1.807) is 0 Å². The van der Waals surface area contributed by atoms with Gasteiger partial charge in [0.15, 0.2) is 5.15 Å². The van der Waals surface area contributed by atoms with Gasteiger partial charge in [-0.3, -0.25) is 0 Å². The van der Waals surface area contributed by atoms with Crippen molar-refractivity contribution >= 4 is 59.4 Å². The molecule has 0 fully saturated rings. The van der Waals surface area contributed by atoms with Crippen molar-refractivity contribution in [3.63, 3.8) is 0 Å². The van der Waals surface area contributed by atoms with Crippen molar-refractivity contribution in [1.82, 2.24) is 4.98 Å². The van der Waals surface area contributed by atoms with Crippen LogP contribution in [0, 0.1) is 0 Å². The van der Waals surface area contributed by atoms with E-state index in [1.165, 1.54) is 6.07 Å². The molecule has 1 heterocycles. The summed E-state index contributed by atoms with van der Waals surface area (Å²) in [5.74, 6) is 0. The largest absolute Gasteiger partial charge is 0.397 e. The summed E-state index contributed by atoms with van der Waals surface area (Å²) in [6.07, 6.45) is 0. The zero-order valence-electron chi connectivity index (χ0n) is 5.75. The Morgan fingerprint density at radius 3 is 2.08 bits per heavy atom. The fourth-order valence-electron chi connectivity index (χ4n) is 0.511. The van der Waals surface area contributed by atoms with E-state index < -0.39 is 0 Å². The number of nitrogens with two attached hydrogens (primary N) is 2. The van der Waals surface area contributed by atoms with Gasteiger partial charge in [-0.2, -0.15) is 0 Å². The van der Waals surface area contributed by atoms with Crippen molar-refractivity contribution in [1.29, 1.82) is 0 Å². The van der Waals surface area contributed by atoms with E-state index in [9.17, 15) is 0 Å². The molecule has 0 atom stereocenters. The number of anilines is 2. The van der Waals surface area contributed by atoms with Gasteiger partial charge in [-0.05, 0) is 0 Å². The van der Waals surface area contributed by atoms with Gasteiger partial charge in [0, 0.05) is 6.07 Å². The lowest BCUT2D eigenvalue weighted by atomic mass is 10.4. The normalized spacial score (nSPS) is 8.17. The summed E-state index contributed by atoms with van der Waals surface area (Å²) >= 11 is 11.0. The van der Waals surface area contributed by atoms with Crippen molar-refractivity contribution in [2.75, 3.05) is 11.5 Å². The van der Waals surface area contributed by atoms with E-state index in [-0.39, 0.29) is 40.8 Å². The Morgan fingerprint density at radius 1 is 1.17 bits per heavy atom. The van der Waals surface area contributed by atoms with Crippen molar-refractivity contribution in [3.8, 4) is 0 Å². The molecule has 0 aliphatic heterocycles. The first-order valence-electron chi connectivity index (χ1n) is 2.48. The zero-order chi connectivity index (χ0) is 7.72. The minimum Gasteiger partial charge on any atom is -0.397 e. The van der Waals surface area contributed by atoms with Crippen molar-refractivity contribution in [2.45, 2.75) is 0 Å². The smallest absolute Gasteiger partial charge is 0.155 e. The molecular weight excluding hydrogens is 244 g/mol. The molecule has 1 rings (SSSR count). The lowest BCUT2D eigenvalue weighted by Crippen LogP contribution is -1.96. The molecule has 3 nitrogen and oxygen atoms in total. The average molecular weight is 251 g/mol. The van der Waals surface area contributed by atoms with Gasteiger partial charge in [0.1, 0.15) is 5.15 Å². The molecule has 1 aromatic rings. The van der Waals surface area contributed by atoms with Crippen LogP contribution in [0.15, 0.2) is 6.07 Å². The number of nitrogen functional groups attached to an aromatic ring is 2. The Bertz CT molecular complexity index is 242. The summed E-state index contributed by atoms with van der Waals surface area (Å²) in [6.45, 7) is 0. The van der Waals surface area contributed by atoms with Crippen molar-refractivity contribution in [3.05, 3.63) is 16.4 Å². The molecule has 0 aliphatic carbocycles. The second-order valence-electron chi connectivity index (χ2n) is 1.74. The monoisotopic (exact) mass is 249 g/mol. The van der Waals surface area contributed by atoms with Crippen molar-refractivity contribution < 1.29 is 0 Å². The van der Waals surface area contributed by atoms with Gasteiger partial charge in [0.25, 0.3) is 0 Å². The molecule has 0 aromatic carbocycles. The first-order chi connectivity index (χ1) is 4.61. The Morgan fingerprint density at radius 2 is 1.67 bits per heavy atom. The number of aromatic nitrogens is 1. The lowest BCUT2D eigenvalue weighted by Gasteiger charge is -2.00. The number of rotatable bonds is 0. The summed E-state index contributed by atoms with van der Waals surface area (Å²) in [6, 6.07) is 1.45. The summed E-state index contributed by atoms with van der Waals surface area (Å²) in [5, 5.41) is 0.390. The number of hydrogen-bond donors (Lipinski definition) is 2. The highest BCUT2D eigenvalue weighted by Gasteiger charge is 2.02. The van der Waals surface area contributed by atoms with Crippen LogP contribution in [0.5, 0.6) is 0 Å². The van der Waals surface area contributed by atoms with Crippen LogP contribution in [0.4, 0.5) is 11.4 Å². The van der Waals surface area contributed by atoms with Crippen molar-refractivity contribution in [2.24, 2.45) is 0 Å². The third kappa shape index (κ3) is 3.11. The average Bonchev–Trinajstić information content (AvgIpc) is 1.82. The minimum atomic E-state index is 0. The molecule has 0 saturated carbocycles. The molecular formula is C5H7Cl4N3. The van der Waals surface area contributed by atoms with Crippen LogP contribution in [0.25, 0.3) is 0 Å². The van der Waals surface area contributed by atoms with Crippen LogP contribution in [-0.4, -0.2) is 4.98 Å². The standard InChI is InChI=1S/C5H5Cl2N3.2ClH/c6-3-1-2(8)4(9)5(7)10-3;;/h1H,9H2,(H2,8,10);2*1H. The third-order valence-corrected chi connectivity index (χ3v) is 1.49. The van der Waals surface area contributed by atoms with Crippen LogP contribution >= 0.6 is 48.0 Å². The zero-order valence-corrected chi connectivity index (χ0v) is 8.90. The van der Waals surface area contributed by atoms with E-state index in [4.69, 9.17) is 34.7 Å². The summed E-state index contributed by atoms with van der Waals surface area (Å²) in [5.41, 5.74) is 11.4. The molecule has 0 amide bonds. The molecule has 12 heavy (non-hydrogen) atoms. The first kappa shape index (κ1) is 14.4. The molecule has 0 aliphatic rings. The van der Waals surface area contributed by atoms with E-state index in [0.29, 0.717) is 5.69 Å². The van der Waals surface area contributed by atoms with Gasteiger partial charge in [-0.15, -0.1) is 24.8 Å². The van der Waals surface area contributed by atoms with Gasteiger partial charge in [0.2, 0.25) is 0 Å². The van der Waals surface area contributed by atoms with Crippen LogP contribution in [0.1, 0.15) is 0 Å². The minimum absolute atomic E-state index is 0. The second kappa shape index (κ2) is 5.54. The molecule has 4 N–H and O–H groups in total. The van der Waals surface area contributed by atoms with Gasteiger partial charge in [-0.25, -0.2) is 4.98 Å². The van der Waals surface area contributed by atoms with E-state index in [0.717, 1.165) is 0 Å². The third-order valence-electron chi connectivity index (χ3n) is 1.01. The van der Waals surface area contributed by atoms with E-state index >= 15 is 0 Å². The maximum atomic E-state index is 5.52. The number of pyridine rings is 1. The fraction of sp³-hybridized carbons (Fsp3) is 0.